The lowest BCUT2D eigenvalue weighted by Gasteiger charge is -2.42. The highest BCUT2D eigenvalue weighted by atomic mass is 35.5. The van der Waals surface area contributed by atoms with E-state index in [2.05, 4.69) is 17.4 Å². The van der Waals surface area contributed by atoms with Gasteiger partial charge in [0.2, 0.25) is 0 Å². The molecule has 1 saturated carbocycles. The molecule has 150 valence electrons. The standard InChI is InChI=1S/C23H26ClNO2.ClH/c24-16-6-8-17(9-7-16)27-18-10-11-21-20(14-18)23-19(12-13-26-23)22(25-21)15-4-2-1-3-5-15;/h6-11,14-15,19,22-23,25H,1-5,12-13H2;1H/t19-,22+,23-;/m0./s1. The number of anilines is 1. The Labute approximate surface area is 178 Å². The summed E-state index contributed by atoms with van der Waals surface area (Å²) in [6, 6.07) is 14.4. The van der Waals surface area contributed by atoms with E-state index >= 15 is 0 Å². The molecule has 28 heavy (non-hydrogen) atoms. The van der Waals surface area contributed by atoms with E-state index in [4.69, 9.17) is 21.1 Å². The molecule has 5 heteroatoms. The molecular weight excluding hydrogens is 393 g/mol. The van der Waals surface area contributed by atoms with Gasteiger partial charge in [-0.15, -0.1) is 12.4 Å². The lowest BCUT2D eigenvalue weighted by molar-refractivity contribution is 0.0730. The lowest BCUT2D eigenvalue weighted by Crippen LogP contribution is -2.42. The summed E-state index contributed by atoms with van der Waals surface area (Å²) < 4.78 is 12.3. The van der Waals surface area contributed by atoms with E-state index in [1.807, 2.05) is 30.3 Å². The summed E-state index contributed by atoms with van der Waals surface area (Å²) >= 11 is 5.97. The Morgan fingerprint density at radius 2 is 1.68 bits per heavy atom. The minimum Gasteiger partial charge on any atom is -0.457 e. The van der Waals surface area contributed by atoms with Crippen LogP contribution >= 0.6 is 24.0 Å². The summed E-state index contributed by atoms with van der Waals surface area (Å²) in [5, 5.41) is 4.60. The van der Waals surface area contributed by atoms with Crippen molar-refractivity contribution in [3.05, 3.63) is 53.1 Å². The van der Waals surface area contributed by atoms with Crippen molar-refractivity contribution < 1.29 is 9.47 Å². The van der Waals surface area contributed by atoms with Gasteiger partial charge in [-0.3, -0.25) is 0 Å². The molecule has 3 aliphatic rings. The summed E-state index contributed by atoms with van der Waals surface area (Å²) in [4.78, 5) is 0. The number of ether oxygens (including phenoxy) is 2. The summed E-state index contributed by atoms with van der Waals surface area (Å²) in [5.41, 5.74) is 2.47. The maximum absolute atomic E-state index is 6.21. The van der Waals surface area contributed by atoms with Gasteiger partial charge in [-0.1, -0.05) is 30.9 Å². The Balaban J connectivity index is 0.00000192. The van der Waals surface area contributed by atoms with Crippen molar-refractivity contribution in [3.8, 4) is 11.5 Å². The molecule has 0 bridgehead atoms. The highest BCUT2D eigenvalue weighted by Crippen LogP contribution is 2.49. The summed E-state index contributed by atoms with van der Waals surface area (Å²) in [6.45, 7) is 0.863. The number of fused-ring (bicyclic) bond motifs is 3. The van der Waals surface area contributed by atoms with E-state index in [0.29, 0.717) is 17.0 Å². The maximum atomic E-state index is 6.21. The van der Waals surface area contributed by atoms with Crippen molar-refractivity contribution in [3.63, 3.8) is 0 Å². The molecule has 2 heterocycles. The van der Waals surface area contributed by atoms with Gasteiger partial charge >= 0.3 is 0 Å². The molecule has 0 spiro atoms. The van der Waals surface area contributed by atoms with Crippen LogP contribution in [0.15, 0.2) is 42.5 Å². The monoisotopic (exact) mass is 419 g/mol. The van der Waals surface area contributed by atoms with Crippen LogP contribution in [-0.2, 0) is 4.74 Å². The van der Waals surface area contributed by atoms with E-state index in [9.17, 15) is 0 Å². The van der Waals surface area contributed by atoms with E-state index in [1.165, 1.54) is 43.4 Å². The van der Waals surface area contributed by atoms with Crippen molar-refractivity contribution in [2.45, 2.75) is 50.7 Å². The molecule has 3 atom stereocenters. The first-order valence-electron chi connectivity index (χ1n) is 10.2. The number of benzene rings is 2. The van der Waals surface area contributed by atoms with Crippen molar-refractivity contribution in [2.75, 3.05) is 11.9 Å². The molecule has 2 aromatic rings. The molecular formula is C23H27Cl2NO2. The predicted octanol–water partition coefficient (Wildman–Crippen LogP) is 7.01. The molecule has 2 fully saturated rings. The topological polar surface area (TPSA) is 30.5 Å². The van der Waals surface area contributed by atoms with Gasteiger partial charge in [0.1, 0.15) is 11.5 Å². The normalized spacial score (nSPS) is 26.5. The number of hydrogen-bond acceptors (Lipinski definition) is 3. The van der Waals surface area contributed by atoms with Crippen molar-refractivity contribution in [2.24, 2.45) is 11.8 Å². The zero-order chi connectivity index (χ0) is 18.2. The molecule has 0 radical (unpaired) electrons. The average Bonchev–Trinajstić information content (AvgIpc) is 3.20. The second-order valence-corrected chi connectivity index (χ2v) is 8.55. The van der Waals surface area contributed by atoms with Gasteiger partial charge in [0.15, 0.2) is 0 Å². The number of rotatable bonds is 3. The van der Waals surface area contributed by atoms with Crippen molar-refractivity contribution >= 4 is 29.7 Å². The molecule has 1 saturated heterocycles. The van der Waals surface area contributed by atoms with Gasteiger partial charge in [0.25, 0.3) is 0 Å². The van der Waals surface area contributed by atoms with Crippen LogP contribution in [0.5, 0.6) is 11.5 Å². The Kier molecular flexibility index (Phi) is 6.05. The smallest absolute Gasteiger partial charge is 0.127 e. The van der Waals surface area contributed by atoms with Crippen LogP contribution in [0.1, 0.15) is 50.2 Å². The number of hydrogen-bond donors (Lipinski definition) is 1. The predicted molar refractivity (Wildman–Crippen MR) is 116 cm³/mol. The van der Waals surface area contributed by atoms with Crippen LogP contribution in [-0.4, -0.2) is 12.6 Å². The third-order valence-corrected chi connectivity index (χ3v) is 6.71. The third-order valence-electron chi connectivity index (χ3n) is 6.46. The lowest BCUT2D eigenvalue weighted by atomic mass is 9.73. The minimum absolute atomic E-state index is 0. The Morgan fingerprint density at radius 3 is 2.46 bits per heavy atom. The number of halogens is 2. The van der Waals surface area contributed by atoms with Crippen LogP contribution in [0.4, 0.5) is 5.69 Å². The second-order valence-electron chi connectivity index (χ2n) is 8.12. The summed E-state index contributed by atoms with van der Waals surface area (Å²) in [5.74, 6) is 3.01. The van der Waals surface area contributed by atoms with Crippen LogP contribution in [0.2, 0.25) is 5.02 Å². The van der Waals surface area contributed by atoms with E-state index in [0.717, 1.165) is 30.4 Å². The van der Waals surface area contributed by atoms with Gasteiger partial charge in [0.05, 0.1) is 6.10 Å². The fraction of sp³-hybridized carbons (Fsp3) is 0.478. The Bertz CT molecular complexity index is 805. The SMILES string of the molecule is Cl.Clc1ccc(Oc2ccc3c(c2)[C@H]2OCC[C@H]2[C@@H](C2CCCCC2)N3)cc1. The maximum Gasteiger partial charge on any atom is 0.127 e. The van der Waals surface area contributed by atoms with Gasteiger partial charge in [0, 0.05) is 34.8 Å². The minimum atomic E-state index is 0. The molecule has 3 nitrogen and oxygen atoms in total. The molecule has 0 amide bonds. The first-order valence-corrected chi connectivity index (χ1v) is 10.6. The van der Waals surface area contributed by atoms with Gasteiger partial charge < -0.3 is 14.8 Å². The largest absolute Gasteiger partial charge is 0.457 e. The zero-order valence-electron chi connectivity index (χ0n) is 15.9. The van der Waals surface area contributed by atoms with E-state index in [-0.39, 0.29) is 18.5 Å². The molecule has 0 aromatic heterocycles. The van der Waals surface area contributed by atoms with Crippen LogP contribution in [0, 0.1) is 11.8 Å². The Morgan fingerprint density at radius 1 is 0.929 bits per heavy atom. The zero-order valence-corrected chi connectivity index (χ0v) is 17.5. The molecule has 1 N–H and O–H groups in total. The third kappa shape index (κ3) is 3.85. The van der Waals surface area contributed by atoms with Crippen LogP contribution in [0.3, 0.4) is 0 Å². The average molecular weight is 420 g/mol. The fourth-order valence-electron chi connectivity index (χ4n) is 5.15. The van der Waals surface area contributed by atoms with Crippen LogP contribution in [0.25, 0.3) is 0 Å². The highest BCUT2D eigenvalue weighted by Gasteiger charge is 2.44. The summed E-state index contributed by atoms with van der Waals surface area (Å²) in [7, 11) is 0. The van der Waals surface area contributed by atoms with Crippen molar-refractivity contribution in [1.29, 1.82) is 0 Å². The fourth-order valence-corrected chi connectivity index (χ4v) is 5.28. The van der Waals surface area contributed by atoms with Crippen LogP contribution < -0.4 is 10.1 Å². The van der Waals surface area contributed by atoms with Gasteiger partial charge in [-0.05, 0) is 67.6 Å². The molecule has 0 unspecified atom stereocenters. The Hall–Kier alpha value is -1.42. The first-order chi connectivity index (χ1) is 13.3. The number of nitrogens with one attached hydrogen (secondary N) is 1. The second kappa shape index (κ2) is 8.52. The van der Waals surface area contributed by atoms with Gasteiger partial charge in [-0.25, -0.2) is 0 Å². The molecule has 1 aliphatic carbocycles. The summed E-state index contributed by atoms with van der Waals surface area (Å²) in [6.07, 6.45) is 8.21. The first kappa shape index (κ1) is 19.9. The molecule has 5 rings (SSSR count). The van der Waals surface area contributed by atoms with Crippen molar-refractivity contribution in [1.82, 2.24) is 0 Å². The van der Waals surface area contributed by atoms with E-state index < -0.39 is 0 Å². The highest BCUT2D eigenvalue weighted by molar-refractivity contribution is 6.30. The van der Waals surface area contributed by atoms with E-state index in [1.54, 1.807) is 0 Å². The molecule has 2 aliphatic heterocycles. The quantitative estimate of drug-likeness (QED) is 0.580. The molecule has 2 aromatic carbocycles. The van der Waals surface area contributed by atoms with Gasteiger partial charge in [-0.2, -0.15) is 0 Å².